The maximum Gasteiger partial charge on any atom is 0.338 e. The molecular formula is C19H23N3O4. The highest BCUT2D eigenvalue weighted by Gasteiger charge is 2.32. The Labute approximate surface area is 152 Å². The lowest BCUT2D eigenvalue weighted by Gasteiger charge is -2.39. The van der Waals surface area contributed by atoms with Gasteiger partial charge in [0.15, 0.2) is 0 Å². The van der Waals surface area contributed by atoms with Gasteiger partial charge in [-0.05, 0) is 24.8 Å². The topological polar surface area (TPSA) is 84.7 Å². The van der Waals surface area contributed by atoms with Crippen LogP contribution >= 0.6 is 0 Å². The molecule has 0 radical (unpaired) electrons. The Morgan fingerprint density at radius 1 is 1.35 bits per heavy atom. The molecule has 2 atom stereocenters. The molecule has 0 unspecified atom stereocenters. The lowest BCUT2D eigenvalue weighted by Crippen LogP contribution is -2.42. The van der Waals surface area contributed by atoms with E-state index >= 15 is 0 Å². The number of carboxylic acids is 1. The predicted octanol–water partition coefficient (Wildman–Crippen LogP) is 2.59. The van der Waals surface area contributed by atoms with Crippen LogP contribution in [0.3, 0.4) is 0 Å². The second-order valence-electron chi connectivity index (χ2n) is 6.71. The van der Waals surface area contributed by atoms with E-state index in [0.29, 0.717) is 12.5 Å². The van der Waals surface area contributed by atoms with Gasteiger partial charge in [-0.25, -0.2) is 4.79 Å². The van der Waals surface area contributed by atoms with Crippen molar-refractivity contribution in [2.24, 2.45) is 5.92 Å². The summed E-state index contributed by atoms with van der Waals surface area (Å²) in [6, 6.07) is 7.71. The number of nitrogens with zero attached hydrogens (tertiary/aromatic N) is 3. The highest BCUT2D eigenvalue weighted by molar-refractivity contribution is 5.87. The quantitative estimate of drug-likeness (QED) is 0.889. The number of para-hydroxylation sites is 1. The fourth-order valence-corrected chi connectivity index (χ4v) is 3.47. The first-order chi connectivity index (χ1) is 12.5. The molecule has 26 heavy (non-hydrogen) atoms. The standard InChI is InChI=1S/C19H23N3O4/c1-13-7-8-22(16(9-13)15-5-3-4-6-17(15)26-2)18(23)12-21-11-14(10-20-21)19(24)25/h3-6,10-11,13,16H,7-9,12H2,1-2H3,(H,24,25)/t13-,16+/m1/s1. The molecule has 1 saturated heterocycles. The van der Waals surface area contributed by atoms with Crippen LogP contribution in [-0.4, -0.2) is 45.3 Å². The van der Waals surface area contributed by atoms with Gasteiger partial charge in [-0.1, -0.05) is 25.1 Å². The minimum Gasteiger partial charge on any atom is -0.496 e. The van der Waals surface area contributed by atoms with Gasteiger partial charge in [-0.2, -0.15) is 5.10 Å². The van der Waals surface area contributed by atoms with E-state index in [1.54, 1.807) is 7.11 Å². The third-order valence-electron chi connectivity index (χ3n) is 4.86. The fraction of sp³-hybridized carbons (Fsp3) is 0.421. The number of benzene rings is 1. The van der Waals surface area contributed by atoms with Crippen LogP contribution in [0.2, 0.25) is 0 Å². The molecule has 0 bridgehead atoms. The van der Waals surface area contributed by atoms with Crippen LogP contribution in [0.4, 0.5) is 0 Å². The molecule has 1 N–H and O–H groups in total. The zero-order valence-electron chi connectivity index (χ0n) is 15.0. The van der Waals surface area contributed by atoms with Gasteiger partial charge in [0.05, 0.1) is 24.9 Å². The van der Waals surface area contributed by atoms with Crippen molar-refractivity contribution in [3.8, 4) is 5.75 Å². The number of aromatic nitrogens is 2. The molecule has 1 fully saturated rings. The Bertz CT molecular complexity index is 802. The maximum atomic E-state index is 12.9. The first kappa shape index (κ1) is 18.0. The Kier molecular flexibility index (Phi) is 5.25. The molecule has 0 spiro atoms. The number of carbonyl (C=O) groups is 2. The number of carbonyl (C=O) groups excluding carboxylic acids is 1. The average Bonchev–Trinajstić information content (AvgIpc) is 3.10. The number of aromatic carboxylic acids is 1. The number of hydrogen-bond acceptors (Lipinski definition) is 4. The Morgan fingerprint density at radius 2 is 2.12 bits per heavy atom. The van der Waals surface area contributed by atoms with Crippen molar-refractivity contribution in [2.45, 2.75) is 32.4 Å². The molecule has 7 heteroatoms. The summed E-state index contributed by atoms with van der Waals surface area (Å²) in [5.41, 5.74) is 1.08. The first-order valence-corrected chi connectivity index (χ1v) is 8.67. The Hall–Kier alpha value is -2.83. The minimum atomic E-state index is -1.05. The normalized spacial score (nSPS) is 20.0. The smallest absolute Gasteiger partial charge is 0.338 e. The molecule has 1 aromatic carbocycles. The van der Waals surface area contributed by atoms with Gasteiger partial charge >= 0.3 is 5.97 Å². The predicted molar refractivity (Wildman–Crippen MR) is 95.0 cm³/mol. The molecule has 0 saturated carbocycles. The van der Waals surface area contributed by atoms with Crippen molar-refractivity contribution >= 4 is 11.9 Å². The van der Waals surface area contributed by atoms with Crippen LogP contribution in [0.1, 0.15) is 41.7 Å². The second-order valence-corrected chi connectivity index (χ2v) is 6.71. The Morgan fingerprint density at radius 3 is 2.81 bits per heavy atom. The zero-order valence-corrected chi connectivity index (χ0v) is 15.0. The van der Waals surface area contributed by atoms with E-state index in [2.05, 4.69) is 12.0 Å². The van der Waals surface area contributed by atoms with Crippen molar-refractivity contribution in [3.63, 3.8) is 0 Å². The van der Waals surface area contributed by atoms with Crippen molar-refractivity contribution in [2.75, 3.05) is 13.7 Å². The van der Waals surface area contributed by atoms with Gasteiger partial charge in [0.25, 0.3) is 0 Å². The van der Waals surface area contributed by atoms with Crippen LogP contribution in [0.15, 0.2) is 36.7 Å². The summed E-state index contributed by atoms with van der Waals surface area (Å²) in [5.74, 6) is 0.157. The molecule has 1 aliphatic heterocycles. The van der Waals surface area contributed by atoms with Gasteiger partial charge in [-0.15, -0.1) is 0 Å². The fourth-order valence-electron chi connectivity index (χ4n) is 3.47. The van der Waals surface area contributed by atoms with Crippen LogP contribution in [-0.2, 0) is 11.3 Å². The Balaban J connectivity index is 1.83. The van der Waals surface area contributed by atoms with Crippen molar-refractivity contribution < 1.29 is 19.4 Å². The largest absolute Gasteiger partial charge is 0.496 e. The van der Waals surface area contributed by atoms with E-state index in [1.165, 1.54) is 17.1 Å². The number of amides is 1. The summed E-state index contributed by atoms with van der Waals surface area (Å²) in [5, 5.41) is 13.0. The van der Waals surface area contributed by atoms with Crippen LogP contribution in [0.25, 0.3) is 0 Å². The summed E-state index contributed by atoms with van der Waals surface area (Å²) in [7, 11) is 1.63. The van der Waals surface area contributed by atoms with Gasteiger partial charge in [0.1, 0.15) is 12.3 Å². The molecule has 2 heterocycles. The molecule has 0 aliphatic carbocycles. The average molecular weight is 357 g/mol. The van der Waals surface area contributed by atoms with Gasteiger partial charge in [-0.3, -0.25) is 9.48 Å². The molecule has 7 nitrogen and oxygen atoms in total. The number of hydrogen-bond donors (Lipinski definition) is 1. The molecule has 1 aliphatic rings. The highest BCUT2D eigenvalue weighted by Crippen LogP contribution is 2.38. The second kappa shape index (κ2) is 7.59. The third-order valence-corrected chi connectivity index (χ3v) is 4.86. The monoisotopic (exact) mass is 357 g/mol. The molecule has 2 aromatic rings. The number of methoxy groups -OCH3 is 1. The van der Waals surface area contributed by atoms with E-state index in [0.717, 1.165) is 24.2 Å². The lowest BCUT2D eigenvalue weighted by atomic mass is 9.88. The molecular weight excluding hydrogens is 334 g/mol. The molecule has 138 valence electrons. The van der Waals surface area contributed by atoms with E-state index in [4.69, 9.17) is 9.84 Å². The molecule has 3 rings (SSSR count). The van der Waals surface area contributed by atoms with Gasteiger partial charge < -0.3 is 14.7 Å². The first-order valence-electron chi connectivity index (χ1n) is 8.67. The van der Waals surface area contributed by atoms with E-state index in [-0.39, 0.29) is 24.1 Å². The van der Waals surface area contributed by atoms with Crippen molar-refractivity contribution in [3.05, 3.63) is 47.8 Å². The summed E-state index contributed by atoms with van der Waals surface area (Å²) in [6.07, 6.45) is 4.44. The lowest BCUT2D eigenvalue weighted by molar-refractivity contribution is -0.136. The summed E-state index contributed by atoms with van der Waals surface area (Å²) in [4.78, 5) is 25.8. The number of piperidine rings is 1. The van der Waals surface area contributed by atoms with Gasteiger partial charge in [0.2, 0.25) is 5.91 Å². The molecule has 1 amide bonds. The number of carboxylic acid groups (broad SMARTS) is 1. The number of likely N-dealkylation sites (tertiary alicyclic amines) is 1. The summed E-state index contributed by atoms with van der Waals surface area (Å²) < 4.78 is 6.87. The van der Waals surface area contributed by atoms with Crippen LogP contribution < -0.4 is 4.74 Å². The van der Waals surface area contributed by atoms with E-state index in [1.807, 2.05) is 29.2 Å². The zero-order chi connectivity index (χ0) is 18.7. The highest BCUT2D eigenvalue weighted by atomic mass is 16.5. The van der Waals surface area contributed by atoms with Crippen LogP contribution in [0.5, 0.6) is 5.75 Å². The number of ether oxygens (including phenoxy) is 1. The van der Waals surface area contributed by atoms with E-state index < -0.39 is 5.97 Å². The van der Waals surface area contributed by atoms with Crippen molar-refractivity contribution in [1.29, 1.82) is 0 Å². The number of rotatable bonds is 5. The molecule has 1 aromatic heterocycles. The van der Waals surface area contributed by atoms with Crippen molar-refractivity contribution in [1.82, 2.24) is 14.7 Å². The third kappa shape index (κ3) is 3.71. The van der Waals surface area contributed by atoms with Gasteiger partial charge in [0, 0.05) is 18.3 Å². The van der Waals surface area contributed by atoms with Crippen LogP contribution in [0, 0.1) is 5.92 Å². The SMILES string of the molecule is COc1ccccc1[C@@H]1C[C@H](C)CCN1C(=O)Cn1cc(C(=O)O)cn1. The maximum absolute atomic E-state index is 12.9. The minimum absolute atomic E-state index is 0.0211. The van der Waals surface area contributed by atoms with E-state index in [9.17, 15) is 9.59 Å². The summed E-state index contributed by atoms with van der Waals surface area (Å²) in [6.45, 7) is 2.87. The summed E-state index contributed by atoms with van der Waals surface area (Å²) >= 11 is 0.